The average Bonchev–Trinajstić information content (AvgIpc) is 3.20. The molecule has 28 heavy (non-hydrogen) atoms. The predicted molar refractivity (Wildman–Crippen MR) is 108 cm³/mol. The molecule has 1 aromatic heterocycles. The molecule has 1 aliphatic rings. The maximum Gasteiger partial charge on any atom is 0.274 e. The van der Waals surface area contributed by atoms with Crippen LogP contribution in [0.3, 0.4) is 0 Å². The Morgan fingerprint density at radius 2 is 1.86 bits per heavy atom. The second-order valence-corrected chi connectivity index (χ2v) is 8.09. The van der Waals surface area contributed by atoms with Gasteiger partial charge >= 0.3 is 0 Å². The van der Waals surface area contributed by atoms with E-state index in [1.54, 1.807) is 18.2 Å². The average molecular weight is 394 g/mol. The third kappa shape index (κ3) is 3.86. The maximum atomic E-state index is 12.5. The second-order valence-electron chi connectivity index (χ2n) is 6.41. The number of carbonyl (C=O) groups is 1. The first kappa shape index (κ1) is 18.1. The number of amidine groups is 1. The minimum absolute atomic E-state index is 0.0615. The number of rotatable bonds is 4. The molecule has 3 aromatic rings. The summed E-state index contributed by atoms with van der Waals surface area (Å²) < 4.78 is 27.6. The van der Waals surface area contributed by atoms with Gasteiger partial charge in [-0.25, -0.2) is 13.4 Å². The van der Waals surface area contributed by atoms with Crippen molar-refractivity contribution in [1.29, 1.82) is 0 Å². The van der Waals surface area contributed by atoms with Crippen LogP contribution in [0, 0.1) is 0 Å². The fourth-order valence-electron chi connectivity index (χ4n) is 2.97. The molecule has 1 amide bonds. The molecular weight excluding hydrogens is 376 g/mol. The molecule has 2 aromatic carbocycles. The molecule has 0 saturated carbocycles. The molecule has 8 heteroatoms. The van der Waals surface area contributed by atoms with Gasteiger partial charge in [0.25, 0.3) is 15.9 Å². The van der Waals surface area contributed by atoms with Gasteiger partial charge in [0.15, 0.2) is 0 Å². The van der Waals surface area contributed by atoms with E-state index in [4.69, 9.17) is 0 Å². The SMILES string of the molecule is O=C(Nc1cccc(S(=O)(=O)NC2=NCCC2)c1)c1ccc2ccccc2n1. The van der Waals surface area contributed by atoms with Crippen LogP contribution in [0.5, 0.6) is 0 Å². The van der Waals surface area contributed by atoms with Crippen LogP contribution in [-0.4, -0.2) is 31.7 Å². The molecule has 4 rings (SSSR count). The lowest BCUT2D eigenvalue weighted by Crippen LogP contribution is -2.29. The van der Waals surface area contributed by atoms with Crippen LogP contribution in [0.15, 0.2) is 70.6 Å². The van der Waals surface area contributed by atoms with E-state index in [2.05, 4.69) is 20.0 Å². The normalized spacial score (nSPS) is 13.9. The highest BCUT2D eigenvalue weighted by Gasteiger charge is 2.19. The molecule has 0 spiro atoms. The minimum Gasteiger partial charge on any atom is -0.321 e. The maximum absolute atomic E-state index is 12.5. The Kier molecular flexibility index (Phi) is 4.79. The zero-order valence-electron chi connectivity index (χ0n) is 14.9. The molecule has 0 aliphatic carbocycles. The fourth-order valence-corrected chi connectivity index (χ4v) is 4.10. The van der Waals surface area contributed by atoms with Gasteiger partial charge in [0.05, 0.1) is 10.4 Å². The van der Waals surface area contributed by atoms with Gasteiger partial charge in [-0.05, 0) is 36.8 Å². The van der Waals surface area contributed by atoms with Gasteiger partial charge in [0, 0.05) is 24.0 Å². The van der Waals surface area contributed by atoms with Crippen LogP contribution >= 0.6 is 0 Å². The molecule has 7 nitrogen and oxygen atoms in total. The summed E-state index contributed by atoms with van der Waals surface area (Å²) in [5, 5.41) is 3.64. The number of aromatic nitrogens is 1. The molecule has 0 atom stereocenters. The van der Waals surface area contributed by atoms with Gasteiger partial charge in [0.2, 0.25) is 0 Å². The number of sulfonamides is 1. The third-order valence-electron chi connectivity index (χ3n) is 4.36. The quantitative estimate of drug-likeness (QED) is 0.710. The van der Waals surface area contributed by atoms with E-state index >= 15 is 0 Å². The highest BCUT2D eigenvalue weighted by molar-refractivity contribution is 7.90. The topological polar surface area (TPSA) is 101 Å². The number of aliphatic imine (C=N–C) groups is 1. The van der Waals surface area contributed by atoms with Crippen molar-refractivity contribution < 1.29 is 13.2 Å². The van der Waals surface area contributed by atoms with E-state index < -0.39 is 15.9 Å². The standard InChI is InChI=1S/C20H18N4O3S/c25-20(18-11-10-14-5-1-2-8-17(14)23-18)22-15-6-3-7-16(13-15)28(26,27)24-19-9-4-12-21-19/h1-3,5-8,10-11,13H,4,9,12H2,(H,21,24)(H,22,25). The number of carbonyl (C=O) groups excluding carboxylic acids is 1. The number of hydrogen-bond acceptors (Lipinski definition) is 5. The molecule has 142 valence electrons. The van der Waals surface area contributed by atoms with Crippen molar-refractivity contribution in [3.63, 3.8) is 0 Å². The van der Waals surface area contributed by atoms with Crippen molar-refractivity contribution in [2.24, 2.45) is 4.99 Å². The van der Waals surface area contributed by atoms with E-state index in [0.717, 1.165) is 11.8 Å². The molecule has 0 saturated heterocycles. The zero-order chi connectivity index (χ0) is 19.6. The van der Waals surface area contributed by atoms with Crippen molar-refractivity contribution in [2.75, 3.05) is 11.9 Å². The van der Waals surface area contributed by atoms with Crippen molar-refractivity contribution in [1.82, 2.24) is 9.71 Å². The zero-order valence-corrected chi connectivity index (χ0v) is 15.7. The lowest BCUT2D eigenvalue weighted by molar-refractivity contribution is 0.102. The van der Waals surface area contributed by atoms with E-state index in [1.165, 1.54) is 12.1 Å². The largest absolute Gasteiger partial charge is 0.321 e. The molecule has 2 heterocycles. The Morgan fingerprint density at radius 3 is 2.68 bits per heavy atom. The van der Waals surface area contributed by atoms with E-state index in [-0.39, 0.29) is 10.6 Å². The van der Waals surface area contributed by atoms with Gasteiger partial charge in [-0.15, -0.1) is 0 Å². The van der Waals surface area contributed by atoms with Crippen LogP contribution in [0.25, 0.3) is 10.9 Å². The van der Waals surface area contributed by atoms with Crippen molar-refractivity contribution in [3.05, 3.63) is 66.4 Å². The van der Waals surface area contributed by atoms with E-state index in [0.29, 0.717) is 30.0 Å². The summed E-state index contributed by atoms with van der Waals surface area (Å²) in [6.07, 6.45) is 1.45. The van der Waals surface area contributed by atoms with Crippen LogP contribution in [0.1, 0.15) is 23.3 Å². The summed E-state index contributed by atoms with van der Waals surface area (Å²) in [5.74, 6) is 0.0585. The van der Waals surface area contributed by atoms with E-state index in [9.17, 15) is 13.2 Å². The van der Waals surface area contributed by atoms with Crippen molar-refractivity contribution in [3.8, 4) is 0 Å². The smallest absolute Gasteiger partial charge is 0.274 e. The number of nitrogens with one attached hydrogen (secondary N) is 2. The summed E-state index contributed by atoms with van der Waals surface area (Å²) >= 11 is 0. The van der Waals surface area contributed by atoms with Crippen molar-refractivity contribution in [2.45, 2.75) is 17.7 Å². The van der Waals surface area contributed by atoms with Gasteiger partial charge in [0.1, 0.15) is 11.5 Å². The molecule has 1 aliphatic heterocycles. The third-order valence-corrected chi connectivity index (χ3v) is 5.74. The highest BCUT2D eigenvalue weighted by atomic mass is 32.2. The number of hydrogen-bond donors (Lipinski definition) is 2. The van der Waals surface area contributed by atoms with Crippen LogP contribution < -0.4 is 10.0 Å². The number of anilines is 1. The number of amides is 1. The summed E-state index contributed by atoms with van der Waals surface area (Å²) in [6.45, 7) is 0.632. The Balaban J connectivity index is 1.54. The summed E-state index contributed by atoms with van der Waals surface area (Å²) in [6, 6.07) is 17.1. The number of fused-ring (bicyclic) bond motifs is 1. The predicted octanol–water partition coefficient (Wildman–Crippen LogP) is 2.96. The van der Waals surface area contributed by atoms with Gasteiger partial charge in [-0.1, -0.05) is 30.3 Å². The first-order valence-electron chi connectivity index (χ1n) is 8.85. The highest BCUT2D eigenvalue weighted by Crippen LogP contribution is 2.18. The van der Waals surface area contributed by atoms with Crippen LogP contribution in [-0.2, 0) is 10.0 Å². The molecule has 0 unspecified atom stereocenters. The van der Waals surface area contributed by atoms with E-state index in [1.807, 2.05) is 30.3 Å². The fraction of sp³-hybridized carbons (Fsp3) is 0.150. The molecular formula is C20H18N4O3S. The van der Waals surface area contributed by atoms with Crippen molar-refractivity contribution >= 4 is 38.4 Å². The number of benzene rings is 2. The summed E-state index contributed by atoms with van der Waals surface area (Å²) in [7, 11) is -3.74. The Morgan fingerprint density at radius 1 is 1.00 bits per heavy atom. The molecule has 0 radical (unpaired) electrons. The first-order valence-corrected chi connectivity index (χ1v) is 10.3. The number of pyridine rings is 1. The van der Waals surface area contributed by atoms with Gasteiger partial charge in [-0.2, -0.15) is 0 Å². The second kappa shape index (κ2) is 7.40. The molecule has 2 N–H and O–H groups in total. The molecule has 0 fully saturated rings. The Bertz CT molecular complexity index is 1190. The Hall–Kier alpha value is -3.26. The summed E-state index contributed by atoms with van der Waals surface area (Å²) in [4.78, 5) is 21.1. The molecule has 0 bridgehead atoms. The Labute approximate surface area is 162 Å². The van der Waals surface area contributed by atoms with Crippen LogP contribution in [0.4, 0.5) is 5.69 Å². The minimum atomic E-state index is -3.74. The monoisotopic (exact) mass is 394 g/mol. The first-order chi connectivity index (χ1) is 13.5. The van der Waals surface area contributed by atoms with Gasteiger partial charge in [-0.3, -0.25) is 14.5 Å². The summed E-state index contributed by atoms with van der Waals surface area (Å²) in [5.41, 5.74) is 1.34. The number of para-hydroxylation sites is 1. The van der Waals surface area contributed by atoms with Crippen LogP contribution in [0.2, 0.25) is 0 Å². The number of nitrogens with zero attached hydrogens (tertiary/aromatic N) is 2. The van der Waals surface area contributed by atoms with Gasteiger partial charge < -0.3 is 5.32 Å². The lowest BCUT2D eigenvalue weighted by Gasteiger charge is -2.10. The lowest BCUT2D eigenvalue weighted by atomic mass is 10.2.